The molecule has 1 nitrogen and oxygen atoms in total. The Morgan fingerprint density at radius 1 is 1.07 bits per heavy atom. The van der Waals surface area contributed by atoms with E-state index >= 15 is 0 Å². The van der Waals surface area contributed by atoms with Crippen LogP contribution in [0.25, 0.3) is 0 Å². The molecule has 0 bridgehead atoms. The third-order valence-electron chi connectivity index (χ3n) is 2.89. The molecule has 0 amide bonds. The molecule has 0 unspecified atom stereocenters. The van der Waals surface area contributed by atoms with Crippen LogP contribution in [-0.2, 0) is 0 Å². The maximum atomic E-state index is 4.67. The summed E-state index contributed by atoms with van der Waals surface area (Å²) in [7, 11) is 0. The number of rotatable bonds is 1. The second kappa shape index (κ2) is 4.41. The minimum Gasteiger partial charge on any atom is -0.258 e. The minimum atomic E-state index is 0.893. The molecule has 2 rings (SSSR count). The molecule has 1 aromatic carbocycles. The van der Waals surface area contributed by atoms with Crippen molar-refractivity contribution in [2.24, 2.45) is 10.9 Å². The first kappa shape index (κ1) is 9.45. The Bertz CT molecular complexity index is 303. The maximum Gasteiger partial charge on any atom is 0.0629 e. The lowest BCUT2D eigenvalue weighted by atomic mass is 9.89. The Hall–Kier alpha value is -1.11. The molecule has 1 aliphatic rings. The fourth-order valence-electron chi connectivity index (χ4n) is 1.89. The fourth-order valence-corrected chi connectivity index (χ4v) is 1.89. The summed E-state index contributed by atoms with van der Waals surface area (Å²) in [5.41, 5.74) is 2.49. The van der Waals surface area contributed by atoms with Crippen molar-refractivity contribution in [1.29, 1.82) is 0 Å². The topological polar surface area (TPSA) is 12.4 Å². The first-order valence-corrected chi connectivity index (χ1v) is 5.46. The average Bonchev–Trinajstić information content (AvgIpc) is 2.23. The number of nitrogens with zero attached hydrogens (tertiary/aromatic N) is 1. The molecule has 0 heterocycles. The normalized spacial score (nSPS) is 22.1. The molecule has 14 heavy (non-hydrogen) atoms. The van der Waals surface area contributed by atoms with Crippen LogP contribution in [0.15, 0.2) is 35.3 Å². The Balaban J connectivity index is 2.05. The van der Waals surface area contributed by atoms with Crippen LogP contribution in [0.1, 0.15) is 32.6 Å². The molecule has 1 saturated carbocycles. The SMILES string of the molecule is CC1CCC(=Nc2ccccc2)CC1. The smallest absolute Gasteiger partial charge is 0.0629 e. The van der Waals surface area contributed by atoms with Crippen molar-refractivity contribution in [1.82, 2.24) is 0 Å². The Labute approximate surface area is 85.9 Å². The van der Waals surface area contributed by atoms with Crippen molar-refractivity contribution < 1.29 is 0 Å². The predicted molar refractivity (Wildman–Crippen MR) is 61.2 cm³/mol. The van der Waals surface area contributed by atoms with Gasteiger partial charge in [-0.1, -0.05) is 25.1 Å². The molecule has 0 radical (unpaired) electrons. The number of aliphatic imine (C=N–C) groups is 1. The molecule has 74 valence electrons. The van der Waals surface area contributed by atoms with Gasteiger partial charge < -0.3 is 0 Å². The first-order chi connectivity index (χ1) is 6.84. The molecule has 1 aliphatic carbocycles. The summed E-state index contributed by atoms with van der Waals surface area (Å²) in [6, 6.07) is 10.3. The summed E-state index contributed by atoms with van der Waals surface area (Å²) < 4.78 is 0. The summed E-state index contributed by atoms with van der Waals surface area (Å²) in [4.78, 5) is 4.67. The molecule has 0 spiro atoms. The zero-order chi connectivity index (χ0) is 9.80. The highest BCUT2D eigenvalue weighted by Crippen LogP contribution is 2.23. The third-order valence-corrected chi connectivity index (χ3v) is 2.89. The van der Waals surface area contributed by atoms with Gasteiger partial charge in [0.05, 0.1) is 5.69 Å². The van der Waals surface area contributed by atoms with E-state index in [1.807, 2.05) is 18.2 Å². The van der Waals surface area contributed by atoms with Crippen LogP contribution in [-0.4, -0.2) is 5.71 Å². The number of hydrogen-bond donors (Lipinski definition) is 0. The van der Waals surface area contributed by atoms with Gasteiger partial charge in [0.25, 0.3) is 0 Å². The molecule has 1 heteroatoms. The van der Waals surface area contributed by atoms with E-state index in [0.29, 0.717) is 0 Å². The van der Waals surface area contributed by atoms with Gasteiger partial charge in [0.15, 0.2) is 0 Å². The van der Waals surface area contributed by atoms with E-state index in [1.54, 1.807) is 0 Å². The van der Waals surface area contributed by atoms with Gasteiger partial charge in [0.1, 0.15) is 0 Å². The van der Waals surface area contributed by atoms with Crippen molar-refractivity contribution in [3.63, 3.8) is 0 Å². The van der Waals surface area contributed by atoms with Crippen LogP contribution in [0.5, 0.6) is 0 Å². The van der Waals surface area contributed by atoms with Gasteiger partial charge in [-0.15, -0.1) is 0 Å². The minimum absolute atomic E-state index is 0.893. The zero-order valence-corrected chi connectivity index (χ0v) is 8.74. The quantitative estimate of drug-likeness (QED) is 0.630. The second-order valence-corrected chi connectivity index (χ2v) is 4.20. The van der Waals surface area contributed by atoms with Crippen LogP contribution >= 0.6 is 0 Å². The molecular weight excluding hydrogens is 170 g/mol. The molecule has 0 atom stereocenters. The van der Waals surface area contributed by atoms with E-state index in [9.17, 15) is 0 Å². The average molecular weight is 187 g/mol. The molecule has 0 aromatic heterocycles. The predicted octanol–water partition coefficient (Wildman–Crippen LogP) is 3.97. The van der Waals surface area contributed by atoms with Crippen LogP contribution in [0.3, 0.4) is 0 Å². The molecule has 1 aromatic rings. The van der Waals surface area contributed by atoms with E-state index in [2.05, 4.69) is 24.0 Å². The fraction of sp³-hybridized carbons (Fsp3) is 0.462. The van der Waals surface area contributed by atoms with Crippen molar-refractivity contribution in [2.45, 2.75) is 32.6 Å². The Kier molecular flexibility index (Phi) is 2.97. The van der Waals surface area contributed by atoms with Crippen molar-refractivity contribution in [3.8, 4) is 0 Å². The summed E-state index contributed by atoms with van der Waals surface area (Å²) in [5, 5.41) is 0. The Morgan fingerprint density at radius 2 is 1.71 bits per heavy atom. The summed E-state index contributed by atoms with van der Waals surface area (Å²) in [6.07, 6.45) is 5.00. The molecule has 0 N–H and O–H groups in total. The monoisotopic (exact) mass is 187 g/mol. The van der Waals surface area contributed by atoms with Gasteiger partial charge in [-0.3, -0.25) is 4.99 Å². The van der Waals surface area contributed by atoms with Gasteiger partial charge in [-0.05, 0) is 43.7 Å². The highest BCUT2D eigenvalue weighted by Gasteiger charge is 2.12. The standard InChI is InChI=1S/C13H17N/c1-11-7-9-13(10-8-11)14-12-5-3-2-4-6-12/h2-6,11H,7-10H2,1H3. The van der Waals surface area contributed by atoms with Crippen molar-refractivity contribution >= 4 is 11.4 Å². The number of para-hydroxylation sites is 1. The van der Waals surface area contributed by atoms with E-state index in [1.165, 1.54) is 31.4 Å². The van der Waals surface area contributed by atoms with Gasteiger partial charge in [-0.2, -0.15) is 0 Å². The van der Waals surface area contributed by atoms with Gasteiger partial charge in [-0.25, -0.2) is 0 Å². The van der Waals surface area contributed by atoms with E-state index in [4.69, 9.17) is 0 Å². The summed E-state index contributed by atoms with van der Waals surface area (Å²) in [5.74, 6) is 0.893. The van der Waals surface area contributed by atoms with E-state index < -0.39 is 0 Å². The first-order valence-electron chi connectivity index (χ1n) is 5.46. The lowest BCUT2D eigenvalue weighted by Gasteiger charge is -2.18. The molecular formula is C13H17N. The van der Waals surface area contributed by atoms with Gasteiger partial charge in [0, 0.05) is 5.71 Å². The second-order valence-electron chi connectivity index (χ2n) is 4.20. The lowest BCUT2D eigenvalue weighted by molar-refractivity contribution is 0.483. The van der Waals surface area contributed by atoms with Crippen LogP contribution in [0.2, 0.25) is 0 Å². The number of hydrogen-bond acceptors (Lipinski definition) is 1. The van der Waals surface area contributed by atoms with Crippen LogP contribution < -0.4 is 0 Å². The highest BCUT2D eigenvalue weighted by atomic mass is 14.7. The van der Waals surface area contributed by atoms with Gasteiger partial charge >= 0.3 is 0 Å². The third kappa shape index (κ3) is 2.44. The van der Waals surface area contributed by atoms with Crippen molar-refractivity contribution in [3.05, 3.63) is 30.3 Å². The highest BCUT2D eigenvalue weighted by molar-refractivity contribution is 5.87. The summed E-state index contributed by atoms with van der Waals surface area (Å²) >= 11 is 0. The lowest BCUT2D eigenvalue weighted by Crippen LogP contribution is -2.11. The van der Waals surface area contributed by atoms with Crippen LogP contribution in [0.4, 0.5) is 5.69 Å². The zero-order valence-electron chi connectivity index (χ0n) is 8.74. The molecule has 0 aliphatic heterocycles. The van der Waals surface area contributed by atoms with E-state index in [-0.39, 0.29) is 0 Å². The molecule has 1 fully saturated rings. The summed E-state index contributed by atoms with van der Waals surface area (Å²) in [6.45, 7) is 2.33. The Morgan fingerprint density at radius 3 is 2.36 bits per heavy atom. The van der Waals surface area contributed by atoms with Gasteiger partial charge in [0.2, 0.25) is 0 Å². The number of benzene rings is 1. The van der Waals surface area contributed by atoms with Crippen LogP contribution in [0, 0.1) is 5.92 Å². The van der Waals surface area contributed by atoms with Crippen molar-refractivity contribution in [2.75, 3.05) is 0 Å². The maximum absolute atomic E-state index is 4.67. The van der Waals surface area contributed by atoms with E-state index in [0.717, 1.165) is 11.6 Å². The largest absolute Gasteiger partial charge is 0.258 e. The molecule has 0 saturated heterocycles.